The standard InChI is InChI=1S/C30H42Cl2N4O4/c1-6-34(7-2)30(38)40-24(5)36(23(4)37)28-21-25(14-13-22(28)3)39-20-9-8-15-33-16-18-35(19-17-33)27-12-10-11-26(31)29(27)32/h10-14,21,24H,6-9,15-20H2,1-5H3. The molecule has 0 bridgehead atoms. The van der Waals surface area contributed by atoms with Gasteiger partial charge in [-0.1, -0.05) is 35.3 Å². The van der Waals surface area contributed by atoms with Gasteiger partial charge in [0.05, 0.1) is 28.0 Å². The minimum Gasteiger partial charge on any atom is -0.494 e. The third-order valence-electron chi connectivity index (χ3n) is 7.22. The molecule has 2 aromatic carbocycles. The SMILES string of the molecule is CCN(CC)C(=O)OC(C)N(C(C)=O)c1cc(OCCCCN2CCN(c3cccc(Cl)c3Cl)CC2)ccc1C. The molecule has 8 nitrogen and oxygen atoms in total. The Bertz CT molecular complexity index is 1140. The number of aryl methyl sites for hydroxylation is 1. The Hall–Kier alpha value is -2.68. The van der Waals surface area contributed by atoms with E-state index in [0.717, 1.165) is 56.8 Å². The Morgan fingerprint density at radius 1 is 1.02 bits per heavy atom. The van der Waals surface area contributed by atoms with Gasteiger partial charge >= 0.3 is 6.09 Å². The molecule has 0 N–H and O–H groups in total. The first-order chi connectivity index (χ1) is 19.2. The lowest BCUT2D eigenvalue weighted by atomic mass is 10.1. The number of hydrogen-bond donors (Lipinski definition) is 0. The first-order valence-electron chi connectivity index (χ1n) is 14.1. The maximum Gasteiger partial charge on any atom is 0.411 e. The Kier molecular flexibility index (Phi) is 12.2. The lowest BCUT2D eigenvalue weighted by molar-refractivity contribution is -0.118. The molecule has 0 aromatic heterocycles. The smallest absolute Gasteiger partial charge is 0.411 e. The minimum absolute atomic E-state index is 0.210. The number of carbonyl (C=O) groups excluding carboxylic acids is 2. The van der Waals surface area contributed by atoms with Gasteiger partial charge in [-0.05, 0) is 70.8 Å². The van der Waals surface area contributed by atoms with Crippen molar-refractivity contribution in [3.8, 4) is 5.75 Å². The van der Waals surface area contributed by atoms with Crippen molar-refractivity contribution in [2.75, 3.05) is 62.2 Å². The van der Waals surface area contributed by atoms with Crippen LogP contribution < -0.4 is 14.5 Å². The number of carbonyl (C=O) groups is 2. The molecular weight excluding hydrogens is 551 g/mol. The summed E-state index contributed by atoms with van der Waals surface area (Å²) >= 11 is 12.6. The second-order valence-electron chi connectivity index (χ2n) is 9.95. The number of halogens is 2. The number of hydrogen-bond acceptors (Lipinski definition) is 6. The molecule has 220 valence electrons. The maximum atomic E-state index is 12.6. The molecule has 0 spiro atoms. The molecule has 1 saturated heterocycles. The molecule has 0 radical (unpaired) electrons. The summed E-state index contributed by atoms with van der Waals surface area (Å²) in [6, 6.07) is 11.4. The normalized spacial score (nSPS) is 14.5. The van der Waals surface area contributed by atoms with Crippen molar-refractivity contribution in [1.29, 1.82) is 0 Å². The number of piperazine rings is 1. The van der Waals surface area contributed by atoms with Gasteiger partial charge in [0.15, 0.2) is 6.23 Å². The molecule has 1 fully saturated rings. The van der Waals surface area contributed by atoms with Gasteiger partial charge in [0.25, 0.3) is 0 Å². The molecule has 2 amide bonds. The molecule has 40 heavy (non-hydrogen) atoms. The van der Waals surface area contributed by atoms with Crippen LogP contribution in [-0.4, -0.2) is 80.4 Å². The Balaban J connectivity index is 1.47. The van der Waals surface area contributed by atoms with E-state index in [9.17, 15) is 9.59 Å². The maximum absolute atomic E-state index is 12.6. The number of benzene rings is 2. The molecule has 1 atom stereocenters. The average molecular weight is 594 g/mol. The van der Waals surface area contributed by atoms with E-state index in [1.807, 2.05) is 57.2 Å². The van der Waals surface area contributed by atoms with Crippen LogP contribution in [0.15, 0.2) is 36.4 Å². The fourth-order valence-corrected chi connectivity index (χ4v) is 5.31. The van der Waals surface area contributed by atoms with E-state index in [1.54, 1.807) is 11.8 Å². The van der Waals surface area contributed by atoms with Crippen LogP contribution >= 0.6 is 23.2 Å². The average Bonchev–Trinajstić information content (AvgIpc) is 2.92. The van der Waals surface area contributed by atoms with Crippen molar-refractivity contribution in [3.63, 3.8) is 0 Å². The van der Waals surface area contributed by atoms with Crippen molar-refractivity contribution in [2.45, 2.75) is 53.7 Å². The quantitative estimate of drug-likeness (QED) is 0.208. The fourth-order valence-electron chi connectivity index (χ4n) is 4.89. The van der Waals surface area contributed by atoms with E-state index in [2.05, 4.69) is 9.80 Å². The summed E-state index contributed by atoms with van der Waals surface area (Å²) in [5.41, 5.74) is 2.56. The fraction of sp³-hybridized carbons (Fsp3) is 0.533. The van der Waals surface area contributed by atoms with E-state index in [4.69, 9.17) is 32.7 Å². The van der Waals surface area contributed by atoms with Crippen LogP contribution in [0.4, 0.5) is 16.2 Å². The largest absolute Gasteiger partial charge is 0.494 e. The second-order valence-corrected chi connectivity index (χ2v) is 10.7. The zero-order chi connectivity index (χ0) is 29.2. The van der Waals surface area contributed by atoms with Crippen molar-refractivity contribution in [2.24, 2.45) is 0 Å². The first kappa shape index (κ1) is 31.8. The van der Waals surface area contributed by atoms with E-state index >= 15 is 0 Å². The summed E-state index contributed by atoms with van der Waals surface area (Å²) in [5.74, 6) is 0.471. The number of ether oxygens (including phenoxy) is 2. The second kappa shape index (κ2) is 15.4. The van der Waals surface area contributed by atoms with E-state index < -0.39 is 12.3 Å². The molecule has 10 heteroatoms. The van der Waals surface area contributed by atoms with Crippen LogP contribution in [0, 0.1) is 6.92 Å². The molecule has 3 rings (SSSR count). The molecule has 1 unspecified atom stereocenters. The van der Waals surface area contributed by atoms with E-state index in [0.29, 0.717) is 41.2 Å². The Labute approximate surface area is 248 Å². The molecule has 1 aliphatic heterocycles. The van der Waals surface area contributed by atoms with Crippen LogP contribution in [0.1, 0.15) is 46.1 Å². The molecule has 1 heterocycles. The monoisotopic (exact) mass is 592 g/mol. The lowest BCUT2D eigenvalue weighted by Gasteiger charge is -2.36. The summed E-state index contributed by atoms with van der Waals surface area (Å²) in [4.78, 5) is 32.9. The zero-order valence-corrected chi connectivity index (χ0v) is 25.8. The predicted octanol–water partition coefficient (Wildman–Crippen LogP) is 6.46. The van der Waals surface area contributed by atoms with Gasteiger partial charge in [-0.2, -0.15) is 0 Å². The van der Waals surface area contributed by atoms with Crippen molar-refractivity contribution < 1.29 is 19.1 Å². The third-order valence-corrected chi connectivity index (χ3v) is 8.03. The highest BCUT2D eigenvalue weighted by Crippen LogP contribution is 2.33. The number of anilines is 2. The molecule has 2 aromatic rings. The van der Waals surface area contributed by atoms with E-state index in [-0.39, 0.29) is 5.91 Å². The van der Waals surface area contributed by atoms with Gasteiger partial charge in [-0.15, -0.1) is 0 Å². The van der Waals surface area contributed by atoms with Gasteiger partial charge < -0.3 is 19.3 Å². The van der Waals surface area contributed by atoms with Crippen molar-refractivity contribution >= 4 is 46.6 Å². The number of nitrogens with zero attached hydrogens (tertiary/aromatic N) is 4. The third kappa shape index (κ3) is 8.41. The summed E-state index contributed by atoms with van der Waals surface area (Å²) in [7, 11) is 0. The summed E-state index contributed by atoms with van der Waals surface area (Å²) in [5, 5.41) is 1.21. The highest BCUT2D eigenvalue weighted by Gasteiger charge is 2.26. The molecular formula is C30H42Cl2N4O4. The van der Waals surface area contributed by atoms with Crippen LogP contribution in [0.25, 0.3) is 0 Å². The molecule has 0 aliphatic carbocycles. The van der Waals surface area contributed by atoms with Crippen LogP contribution in [-0.2, 0) is 9.53 Å². The predicted molar refractivity (Wildman–Crippen MR) is 163 cm³/mol. The van der Waals surface area contributed by atoms with Crippen molar-refractivity contribution in [1.82, 2.24) is 9.80 Å². The van der Waals surface area contributed by atoms with Crippen LogP contribution in [0.3, 0.4) is 0 Å². The van der Waals surface area contributed by atoms with E-state index in [1.165, 1.54) is 11.8 Å². The van der Waals surface area contributed by atoms with Crippen LogP contribution in [0.2, 0.25) is 10.0 Å². The van der Waals surface area contributed by atoms with Gasteiger partial charge in [0.2, 0.25) is 5.91 Å². The Morgan fingerprint density at radius 2 is 1.73 bits per heavy atom. The van der Waals surface area contributed by atoms with Gasteiger partial charge in [-0.3, -0.25) is 14.6 Å². The molecule has 0 saturated carbocycles. The summed E-state index contributed by atoms with van der Waals surface area (Å²) < 4.78 is 11.7. The van der Waals surface area contributed by atoms with Gasteiger partial charge in [0.1, 0.15) is 5.75 Å². The lowest BCUT2D eigenvalue weighted by Crippen LogP contribution is -2.46. The van der Waals surface area contributed by atoms with Gasteiger partial charge in [0, 0.05) is 52.3 Å². The first-order valence-corrected chi connectivity index (χ1v) is 14.8. The topological polar surface area (TPSA) is 65.6 Å². The van der Waals surface area contributed by atoms with Crippen molar-refractivity contribution in [3.05, 3.63) is 52.0 Å². The number of unbranched alkanes of at least 4 members (excludes halogenated alkanes) is 1. The Morgan fingerprint density at radius 3 is 2.38 bits per heavy atom. The highest BCUT2D eigenvalue weighted by molar-refractivity contribution is 6.43. The summed E-state index contributed by atoms with van der Waals surface area (Å²) in [6.07, 6.45) is 0.741. The highest BCUT2D eigenvalue weighted by atomic mass is 35.5. The summed E-state index contributed by atoms with van der Waals surface area (Å²) in [6.45, 7) is 15.3. The molecule has 1 aliphatic rings. The van der Waals surface area contributed by atoms with Crippen LogP contribution in [0.5, 0.6) is 5.75 Å². The van der Waals surface area contributed by atoms with Gasteiger partial charge in [-0.25, -0.2) is 4.79 Å². The number of rotatable bonds is 12. The zero-order valence-electron chi connectivity index (χ0n) is 24.3. The minimum atomic E-state index is -0.755. The number of amides is 2.